The summed E-state index contributed by atoms with van der Waals surface area (Å²) >= 11 is 0. The number of hydrogen-bond acceptors (Lipinski definition) is 7. The predicted octanol–water partition coefficient (Wildman–Crippen LogP) is 5.25. The first kappa shape index (κ1) is 43.8. The highest BCUT2D eigenvalue weighted by atomic mass is 16.6. The summed E-state index contributed by atoms with van der Waals surface area (Å²) in [6.45, 7) is 15.2. The molecule has 12 nitrogen and oxygen atoms in total. The quantitative estimate of drug-likeness (QED) is 0.113. The number of ether oxygens (including phenoxy) is 1. The monoisotopic (exact) mass is 817 g/mol. The van der Waals surface area contributed by atoms with Gasteiger partial charge in [-0.1, -0.05) is 118 Å². The standard InChI is InChI=1S/C48H59N5O7/c1-8-18-35(41(54)44(57)49-25-9-2)50-43(56)40-37-34(48(37,6)7)28-53(40)45(58)38(33-26-31-23-16-17-24-32(31)27-33)51-42(55)39(52-46(59)60-47(3,4)5)36(29-19-12-10-13-20-29)30-21-14-11-15-22-30/h9-17,19-24,33-40H,2,8,18,25-28H2,1,3-7H3,(H,49,57)(H,50,56)(H,51,55)(H,52,59)/t34?,35?,37?,38-,39?,40-/m0/s1. The summed E-state index contributed by atoms with van der Waals surface area (Å²) < 4.78 is 5.69. The van der Waals surface area contributed by atoms with Crippen molar-refractivity contribution < 1.29 is 33.5 Å². The Bertz CT molecular complexity index is 2020. The van der Waals surface area contributed by atoms with Crippen molar-refractivity contribution >= 4 is 35.5 Å². The van der Waals surface area contributed by atoms with Crippen LogP contribution in [0.25, 0.3) is 0 Å². The normalized spacial score (nSPS) is 20.4. The molecule has 60 heavy (non-hydrogen) atoms. The molecule has 4 N–H and O–H groups in total. The van der Waals surface area contributed by atoms with Crippen LogP contribution in [-0.4, -0.2) is 83.3 Å². The lowest BCUT2D eigenvalue weighted by Crippen LogP contribution is -2.61. The minimum atomic E-state index is -1.22. The van der Waals surface area contributed by atoms with Crippen molar-refractivity contribution in [1.29, 1.82) is 0 Å². The molecule has 6 atom stereocenters. The van der Waals surface area contributed by atoms with E-state index in [9.17, 15) is 19.2 Å². The zero-order valence-electron chi connectivity index (χ0n) is 35.5. The Balaban J connectivity index is 1.36. The average molecular weight is 818 g/mol. The van der Waals surface area contributed by atoms with Crippen LogP contribution >= 0.6 is 0 Å². The van der Waals surface area contributed by atoms with E-state index < -0.39 is 71.2 Å². The SMILES string of the molecule is C=CCNC(=O)C(=O)C(CCC)NC(=O)[C@@H]1C2C(CN1C(=O)[C@@H](NC(=O)C(NC(=O)OC(C)(C)C)C(c1ccccc1)c1ccccc1)C1Cc3ccccc3C1)C2(C)C. The number of ketones is 1. The fourth-order valence-corrected chi connectivity index (χ4v) is 9.30. The van der Waals surface area contributed by atoms with Crippen molar-refractivity contribution in [2.45, 2.75) is 103 Å². The van der Waals surface area contributed by atoms with Crippen LogP contribution < -0.4 is 21.3 Å². The summed E-state index contributed by atoms with van der Waals surface area (Å²) in [4.78, 5) is 86.0. The molecule has 1 saturated heterocycles. The van der Waals surface area contributed by atoms with Gasteiger partial charge in [0.05, 0.1) is 6.04 Å². The van der Waals surface area contributed by atoms with Gasteiger partial charge < -0.3 is 30.9 Å². The summed E-state index contributed by atoms with van der Waals surface area (Å²) in [5, 5.41) is 11.4. The number of Topliss-reactive ketones (excluding diaryl/α,β-unsaturated/α-hetero) is 1. The summed E-state index contributed by atoms with van der Waals surface area (Å²) in [6, 6.07) is 22.4. The van der Waals surface area contributed by atoms with Crippen LogP contribution in [-0.2, 0) is 41.6 Å². The lowest BCUT2D eigenvalue weighted by molar-refractivity contribution is -0.146. The van der Waals surface area contributed by atoms with E-state index in [2.05, 4.69) is 41.7 Å². The zero-order chi connectivity index (χ0) is 43.4. The molecule has 4 unspecified atom stereocenters. The van der Waals surface area contributed by atoms with Crippen molar-refractivity contribution in [3.63, 3.8) is 0 Å². The molecule has 3 aromatic rings. The van der Waals surface area contributed by atoms with Gasteiger partial charge in [0.1, 0.15) is 23.7 Å². The molecule has 12 heteroatoms. The Hall–Kier alpha value is -5.78. The number of likely N-dealkylation sites (tertiary alicyclic amines) is 1. The van der Waals surface area contributed by atoms with E-state index in [-0.39, 0.29) is 42.7 Å². The lowest BCUT2D eigenvalue weighted by Gasteiger charge is -2.36. The first-order valence-corrected chi connectivity index (χ1v) is 21.1. The maximum atomic E-state index is 15.3. The predicted molar refractivity (Wildman–Crippen MR) is 228 cm³/mol. The third-order valence-electron chi connectivity index (χ3n) is 12.3. The van der Waals surface area contributed by atoms with Gasteiger partial charge in [0.2, 0.25) is 23.5 Å². The van der Waals surface area contributed by atoms with Gasteiger partial charge >= 0.3 is 6.09 Å². The third-order valence-corrected chi connectivity index (χ3v) is 12.3. The molecular weight excluding hydrogens is 759 g/mol. The van der Waals surface area contributed by atoms with Crippen LogP contribution in [0.1, 0.15) is 82.6 Å². The minimum absolute atomic E-state index is 0.00710. The topological polar surface area (TPSA) is 163 Å². The van der Waals surface area contributed by atoms with Crippen LogP contribution in [0.2, 0.25) is 0 Å². The average Bonchev–Trinajstić information content (AvgIpc) is 3.56. The molecule has 6 rings (SSSR count). The number of piperidine rings is 1. The molecule has 1 aliphatic heterocycles. The largest absolute Gasteiger partial charge is 0.444 e. The van der Waals surface area contributed by atoms with Crippen molar-refractivity contribution in [2.75, 3.05) is 13.1 Å². The number of carbonyl (C=O) groups excluding carboxylic acids is 6. The number of benzene rings is 3. The van der Waals surface area contributed by atoms with E-state index >= 15 is 9.59 Å². The van der Waals surface area contributed by atoms with Crippen LogP contribution in [0.3, 0.4) is 0 Å². The smallest absolute Gasteiger partial charge is 0.408 e. The van der Waals surface area contributed by atoms with Crippen molar-refractivity contribution in [2.24, 2.45) is 23.2 Å². The molecule has 0 bridgehead atoms. The van der Waals surface area contributed by atoms with Gasteiger partial charge in [0.15, 0.2) is 0 Å². The third kappa shape index (κ3) is 9.64. The second-order valence-corrected chi connectivity index (χ2v) is 17.9. The molecule has 3 aromatic carbocycles. The van der Waals surface area contributed by atoms with E-state index in [1.165, 1.54) is 6.08 Å². The molecule has 0 radical (unpaired) electrons. The number of carbonyl (C=O) groups is 6. The Morgan fingerprint density at radius 3 is 1.95 bits per heavy atom. The van der Waals surface area contributed by atoms with Crippen molar-refractivity contribution in [3.05, 3.63) is 120 Å². The van der Waals surface area contributed by atoms with E-state index in [0.717, 1.165) is 22.3 Å². The molecule has 2 aliphatic carbocycles. The molecule has 3 aliphatic rings. The van der Waals surface area contributed by atoms with Gasteiger partial charge in [-0.25, -0.2) is 4.79 Å². The van der Waals surface area contributed by atoms with Gasteiger partial charge in [0.25, 0.3) is 5.91 Å². The summed E-state index contributed by atoms with van der Waals surface area (Å²) in [5.74, 6) is -4.34. The molecule has 318 valence electrons. The maximum Gasteiger partial charge on any atom is 0.408 e. The van der Waals surface area contributed by atoms with Crippen LogP contribution in [0.4, 0.5) is 4.79 Å². The number of amides is 5. The van der Waals surface area contributed by atoms with Crippen LogP contribution in [0.5, 0.6) is 0 Å². The number of fused-ring (bicyclic) bond motifs is 2. The first-order chi connectivity index (χ1) is 28.5. The Morgan fingerprint density at radius 2 is 1.42 bits per heavy atom. The van der Waals surface area contributed by atoms with E-state index in [1.54, 1.807) is 25.7 Å². The number of nitrogens with zero attached hydrogens (tertiary/aromatic N) is 1. The fraction of sp³-hybridized carbons (Fsp3) is 0.458. The number of nitrogens with one attached hydrogen (secondary N) is 4. The fourth-order valence-electron chi connectivity index (χ4n) is 9.30. The number of hydrogen-bond donors (Lipinski definition) is 4. The van der Waals surface area contributed by atoms with Crippen molar-refractivity contribution in [3.8, 4) is 0 Å². The van der Waals surface area contributed by atoms with Gasteiger partial charge in [-0.3, -0.25) is 24.0 Å². The number of rotatable bonds is 16. The highest BCUT2D eigenvalue weighted by Gasteiger charge is 2.70. The Morgan fingerprint density at radius 1 is 0.850 bits per heavy atom. The molecule has 2 fully saturated rings. The highest BCUT2D eigenvalue weighted by molar-refractivity contribution is 6.38. The molecule has 5 amide bonds. The second kappa shape index (κ2) is 18.2. The summed E-state index contributed by atoms with van der Waals surface area (Å²) in [6.07, 6.45) is 2.45. The van der Waals surface area contributed by atoms with Crippen LogP contribution in [0, 0.1) is 23.2 Å². The number of alkyl carbamates (subject to hydrolysis) is 1. The maximum absolute atomic E-state index is 15.3. The second-order valence-electron chi connectivity index (χ2n) is 17.9. The van der Waals surface area contributed by atoms with E-state index in [0.29, 0.717) is 19.3 Å². The molecule has 1 saturated carbocycles. The Kier molecular flexibility index (Phi) is 13.3. The first-order valence-electron chi connectivity index (χ1n) is 21.1. The van der Waals surface area contributed by atoms with Gasteiger partial charge in [-0.05, 0) is 85.5 Å². The zero-order valence-corrected chi connectivity index (χ0v) is 35.5. The van der Waals surface area contributed by atoms with E-state index in [4.69, 9.17) is 4.74 Å². The summed E-state index contributed by atoms with van der Waals surface area (Å²) in [5.41, 5.74) is 2.56. The summed E-state index contributed by atoms with van der Waals surface area (Å²) in [7, 11) is 0. The highest BCUT2D eigenvalue weighted by Crippen LogP contribution is 2.65. The van der Waals surface area contributed by atoms with Gasteiger partial charge in [-0.2, -0.15) is 0 Å². The van der Waals surface area contributed by atoms with Crippen molar-refractivity contribution in [1.82, 2.24) is 26.2 Å². The van der Waals surface area contributed by atoms with Gasteiger partial charge in [0, 0.05) is 19.0 Å². The van der Waals surface area contributed by atoms with E-state index in [1.807, 2.05) is 91.9 Å². The minimum Gasteiger partial charge on any atom is -0.444 e. The van der Waals surface area contributed by atoms with Crippen LogP contribution in [0.15, 0.2) is 97.6 Å². The van der Waals surface area contributed by atoms with Gasteiger partial charge in [-0.15, -0.1) is 6.58 Å². The Labute approximate surface area is 353 Å². The lowest BCUT2D eigenvalue weighted by atomic mass is 9.84. The molecule has 1 heterocycles. The molecule has 0 aromatic heterocycles. The molecule has 0 spiro atoms. The molecular formula is C48H59N5O7.